The standard InChI is InChI=1S/C19H28N2O.C2H6/c1-15(2)8-12-21-13-10-19(11-14-21)9-7-18(22)20-17-6-4-3-5-16(17)19;1-2/h3-6,15H,7-14H2,1-2H3,(H,20,22);1-2H3. The van der Waals surface area contributed by atoms with Gasteiger partial charge in [0.25, 0.3) is 0 Å². The molecule has 0 saturated carbocycles. The number of likely N-dealkylation sites (tertiary alicyclic amines) is 1. The Balaban J connectivity index is 0.00000100. The normalized spacial score (nSPS) is 20.0. The van der Waals surface area contributed by atoms with Crippen LogP contribution < -0.4 is 5.32 Å². The summed E-state index contributed by atoms with van der Waals surface area (Å²) in [6.07, 6.45) is 5.28. The molecule has 1 amide bonds. The molecule has 0 radical (unpaired) electrons. The molecule has 0 aromatic heterocycles. The van der Waals surface area contributed by atoms with Crippen LogP contribution in [0.5, 0.6) is 0 Å². The number of anilines is 1. The average molecular weight is 331 g/mol. The van der Waals surface area contributed by atoms with Gasteiger partial charge in [0.05, 0.1) is 0 Å². The van der Waals surface area contributed by atoms with Gasteiger partial charge in [0.2, 0.25) is 5.91 Å². The lowest BCUT2D eigenvalue weighted by Gasteiger charge is -2.42. The number of nitrogens with zero attached hydrogens (tertiary/aromatic N) is 1. The van der Waals surface area contributed by atoms with Crippen LogP contribution in [0.15, 0.2) is 24.3 Å². The van der Waals surface area contributed by atoms with Crippen molar-refractivity contribution in [3.05, 3.63) is 29.8 Å². The largest absolute Gasteiger partial charge is 0.326 e. The predicted octanol–water partition coefficient (Wildman–Crippen LogP) is 4.82. The lowest BCUT2D eigenvalue weighted by atomic mass is 9.69. The summed E-state index contributed by atoms with van der Waals surface area (Å²) in [5.41, 5.74) is 2.61. The molecule has 2 heterocycles. The maximum Gasteiger partial charge on any atom is 0.224 e. The number of nitrogens with one attached hydrogen (secondary N) is 1. The van der Waals surface area contributed by atoms with Crippen LogP contribution in [0.3, 0.4) is 0 Å². The number of para-hydroxylation sites is 1. The molecule has 3 heteroatoms. The van der Waals surface area contributed by atoms with E-state index < -0.39 is 0 Å². The van der Waals surface area contributed by atoms with Crippen LogP contribution >= 0.6 is 0 Å². The summed E-state index contributed by atoms with van der Waals surface area (Å²) >= 11 is 0. The minimum atomic E-state index is 0.173. The topological polar surface area (TPSA) is 32.3 Å². The van der Waals surface area contributed by atoms with Crippen LogP contribution in [-0.2, 0) is 10.2 Å². The zero-order valence-electron chi connectivity index (χ0n) is 15.9. The van der Waals surface area contributed by atoms with Gasteiger partial charge in [-0.2, -0.15) is 0 Å². The van der Waals surface area contributed by atoms with Gasteiger partial charge in [-0.25, -0.2) is 0 Å². The van der Waals surface area contributed by atoms with E-state index >= 15 is 0 Å². The van der Waals surface area contributed by atoms with Gasteiger partial charge in [0.1, 0.15) is 0 Å². The van der Waals surface area contributed by atoms with Crippen molar-refractivity contribution in [3.8, 4) is 0 Å². The highest BCUT2D eigenvalue weighted by Gasteiger charge is 2.39. The number of fused-ring (bicyclic) bond motifs is 2. The number of hydrogen-bond donors (Lipinski definition) is 1. The quantitative estimate of drug-likeness (QED) is 0.861. The highest BCUT2D eigenvalue weighted by molar-refractivity contribution is 5.92. The lowest BCUT2D eigenvalue weighted by Crippen LogP contribution is -2.43. The fourth-order valence-electron chi connectivity index (χ4n) is 3.92. The molecule has 1 aromatic carbocycles. The van der Waals surface area contributed by atoms with Crippen molar-refractivity contribution < 1.29 is 4.79 Å². The monoisotopic (exact) mass is 330 g/mol. The summed E-state index contributed by atoms with van der Waals surface area (Å²) in [6.45, 7) is 12.1. The van der Waals surface area contributed by atoms with Crippen molar-refractivity contribution in [2.75, 3.05) is 25.0 Å². The van der Waals surface area contributed by atoms with Gasteiger partial charge in [-0.15, -0.1) is 0 Å². The Bertz CT molecular complexity index is 530. The highest BCUT2D eigenvalue weighted by Crippen LogP contribution is 2.44. The van der Waals surface area contributed by atoms with Crippen LogP contribution in [0.1, 0.15) is 65.4 Å². The highest BCUT2D eigenvalue weighted by atomic mass is 16.1. The van der Waals surface area contributed by atoms with Crippen molar-refractivity contribution in [1.29, 1.82) is 0 Å². The van der Waals surface area contributed by atoms with Gasteiger partial charge in [0.15, 0.2) is 0 Å². The Labute approximate surface area is 147 Å². The second-order valence-corrected chi connectivity index (χ2v) is 7.40. The Morgan fingerprint density at radius 1 is 1.12 bits per heavy atom. The van der Waals surface area contributed by atoms with E-state index in [2.05, 4.69) is 42.3 Å². The fraction of sp³-hybridized carbons (Fsp3) is 0.667. The van der Waals surface area contributed by atoms with Gasteiger partial charge in [-0.1, -0.05) is 45.9 Å². The second kappa shape index (κ2) is 8.66. The first-order valence-electron chi connectivity index (χ1n) is 9.71. The third kappa shape index (κ3) is 4.38. The molecule has 2 aliphatic rings. The number of carbonyl (C=O) groups excluding carboxylic acids is 1. The van der Waals surface area contributed by atoms with Crippen LogP contribution in [0.4, 0.5) is 5.69 Å². The Kier molecular flexibility index (Phi) is 6.85. The first kappa shape index (κ1) is 19.0. The lowest BCUT2D eigenvalue weighted by molar-refractivity contribution is -0.116. The van der Waals surface area contributed by atoms with Crippen molar-refractivity contribution in [1.82, 2.24) is 4.90 Å². The predicted molar refractivity (Wildman–Crippen MR) is 102 cm³/mol. The average Bonchev–Trinajstić information content (AvgIpc) is 2.74. The summed E-state index contributed by atoms with van der Waals surface area (Å²) in [5.74, 6) is 0.947. The third-order valence-electron chi connectivity index (χ3n) is 5.44. The summed E-state index contributed by atoms with van der Waals surface area (Å²) < 4.78 is 0. The van der Waals surface area contributed by atoms with Gasteiger partial charge < -0.3 is 10.2 Å². The molecule has 1 saturated heterocycles. The van der Waals surface area contributed by atoms with E-state index in [1.807, 2.05) is 19.9 Å². The van der Waals surface area contributed by atoms with Crippen molar-refractivity contribution in [2.45, 2.75) is 65.2 Å². The summed E-state index contributed by atoms with van der Waals surface area (Å²) in [7, 11) is 0. The maximum absolute atomic E-state index is 12.0. The number of hydrogen-bond acceptors (Lipinski definition) is 2. The molecule has 0 bridgehead atoms. The molecular weight excluding hydrogens is 296 g/mol. The van der Waals surface area contributed by atoms with Crippen molar-refractivity contribution in [3.63, 3.8) is 0 Å². The van der Waals surface area contributed by atoms with Gasteiger partial charge in [-0.3, -0.25) is 4.79 Å². The van der Waals surface area contributed by atoms with Crippen LogP contribution in [-0.4, -0.2) is 30.4 Å². The molecule has 3 nitrogen and oxygen atoms in total. The second-order valence-electron chi connectivity index (χ2n) is 7.40. The molecule has 1 aromatic rings. The van der Waals surface area contributed by atoms with Crippen molar-refractivity contribution >= 4 is 11.6 Å². The molecule has 0 unspecified atom stereocenters. The fourth-order valence-corrected chi connectivity index (χ4v) is 3.92. The molecule has 134 valence electrons. The number of carbonyl (C=O) groups is 1. The van der Waals surface area contributed by atoms with E-state index in [-0.39, 0.29) is 11.3 Å². The molecule has 1 spiro atoms. The smallest absolute Gasteiger partial charge is 0.224 e. The molecule has 1 N–H and O–H groups in total. The van der Waals surface area contributed by atoms with Gasteiger partial charge in [0, 0.05) is 17.5 Å². The van der Waals surface area contributed by atoms with Crippen LogP contribution in [0.2, 0.25) is 0 Å². The zero-order valence-corrected chi connectivity index (χ0v) is 15.9. The van der Waals surface area contributed by atoms with Crippen LogP contribution in [0.25, 0.3) is 0 Å². The van der Waals surface area contributed by atoms with E-state index in [4.69, 9.17) is 0 Å². The van der Waals surface area contributed by atoms with E-state index in [0.29, 0.717) is 6.42 Å². The summed E-state index contributed by atoms with van der Waals surface area (Å²) in [5, 5.41) is 3.09. The van der Waals surface area contributed by atoms with E-state index in [1.54, 1.807) is 0 Å². The molecule has 24 heavy (non-hydrogen) atoms. The zero-order chi connectivity index (χ0) is 17.6. The molecule has 0 aliphatic carbocycles. The van der Waals surface area contributed by atoms with Crippen LogP contribution in [0, 0.1) is 5.92 Å². The summed E-state index contributed by atoms with van der Waals surface area (Å²) in [4.78, 5) is 14.6. The van der Waals surface area contributed by atoms with E-state index in [9.17, 15) is 4.79 Å². The molecule has 0 atom stereocenters. The maximum atomic E-state index is 12.0. The Morgan fingerprint density at radius 3 is 2.46 bits per heavy atom. The molecule has 1 fully saturated rings. The van der Waals surface area contributed by atoms with E-state index in [1.165, 1.54) is 31.4 Å². The third-order valence-corrected chi connectivity index (χ3v) is 5.44. The number of benzene rings is 1. The Hall–Kier alpha value is -1.35. The first-order valence-corrected chi connectivity index (χ1v) is 9.71. The van der Waals surface area contributed by atoms with E-state index in [0.717, 1.165) is 31.1 Å². The molecular formula is C21H34N2O. The SMILES string of the molecule is CC.CC(C)CCN1CCC2(CCC(=O)Nc3ccccc32)CC1. The Morgan fingerprint density at radius 2 is 1.79 bits per heavy atom. The van der Waals surface area contributed by atoms with Crippen molar-refractivity contribution in [2.24, 2.45) is 5.92 Å². The molecule has 2 aliphatic heterocycles. The molecule has 3 rings (SSSR count). The first-order chi connectivity index (χ1) is 11.6. The minimum absolute atomic E-state index is 0.173. The van der Waals surface area contributed by atoms with Gasteiger partial charge >= 0.3 is 0 Å². The number of rotatable bonds is 3. The van der Waals surface area contributed by atoms with Gasteiger partial charge in [-0.05, 0) is 62.9 Å². The number of amides is 1. The summed E-state index contributed by atoms with van der Waals surface area (Å²) in [6, 6.07) is 8.43. The number of piperidine rings is 1. The minimum Gasteiger partial charge on any atom is -0.326 e.